The maximum absolute atomic E-state index is 10.1. The molecule has 0 spiro atoms. The maximum atomic E-state index is 10.1. The molecule has 1 aromatic rings. The molecule has 0 radical (unpaired) electrons. The molecule has 1 atom stereocenters. The lowest BCUT2D eigenvalue weighted by atomic mass is 10.1. The second-order valence-electron chi connectivity index (χ2n) is 3.48. The standard InChI is InChI=1S/C10H17N3OS/c1-3-12-9(11)13-7-10(2,14)8-5-4-6-15-8/h4-6,14H,3,7H2,1-2H3,(H3,11,12,13). The zero-order valence-corrected chi connectivity index (χ0v) is 9.84. The molecule has 84 valence electrons. The molecule has 0 saturated carbocycles. The molecule has 1 rings (SSSR count). The summed E-state index contributed by atoms with van der Waals surface area (Å²) in [5, 5.41) is 14.9. The fourth-order valence-corrected chi connectivity index (χ4v) is 1.92. The van der Waals surface area contributed by atoms with Crippen LogP contribution in [0.15, 0.2) is 22.5 Å². The number of nitrogens with two attached hydrogens (primary N) is 1. The lowest BCUT2D eigenvalue weighted by Gasteiger charge is -2.19. The summed E-state index contributed by atoms with van der Waals surface area (Å²) in [6, 6.07) is 3.80. The highest BCUT2D eigenvalue weighted by Gasteiger charge is 2.23. The van der Waals surface area contributed by atoms with E-state index >= 15 is 0 Å². The van der Waals surface area contributed by atoms with Crippen molar-refractivity contribution < 1.29 is 5.11 Å². The number of nitrogens with one attached hydrogen (secondary N) is 1. The van der Waals surface area contributed by atoms with Gasteiger partial charge in [-0.05, 0) is 25.3 Å². The van der Waals surface area contributed by atoms with Crippen molar-refractivity contribution in [2.75, 3.05) is 13.1 Å². The number of aliphatic imine (C=N–C) groups is 1. The number of hydrogen-bond donors (Lipinski definition) is 3. The summed E-state index contributed by atoms with van der Waals surface area (Å²) >= 11 is 1.51. The molecule has 0 aliphatic heterocycles. The van der Waals surface area contributed by atoms with E-state index in [0.29, 0.717) is 5.96 Å². The molecule has 4 nitrogen and oxygen atoms in total. The Morgan fingerprint density at radius 1 is 1.73 bits per heavy atom. The van der Waals surface area contributed by atoms with E-state index in [2.05, 4.69) is 10.3 Å². The largest absolute Gasteiger partial charge is 0.383 e. The molecule has 15 heavy (non-hydrogen) atoms. The van der Waals surface area contributed by atoms with Gasteiger partial charge in [-0.15, -0.1) is 11.3 Å². The molecule has 0 amide bonds. The van der Waals surface area contributed by atoms with Gasteiger partial charge in [0.2, 0.25) is 0 Å². The topological polar surface area (TPSA) is 70.6 Å². The average Bonchev–Trinajstić information content (AvgIpc) is 2.69. The van der Waals surface area contributed by atoms with Gasteiger partial charge in [0.1, 0.15) is 5.60 Å². The van der Waals surface area contributed by atoms with E-state index in [1.807, 2.05) is 24.4 Å². The summed E-state index contributed by atoms with van der Waals surface area (Å²) in [4.78, 5) is 4.98. The number of hydrogen-bond acceptors (Lipinski definition) is 3. The predicted molar refractivity (Wildman–Crippen MR) is 64.1 cm³/mol. The van der Waals surface area contributed by atoms with Crippen molar-refractivity contribution in [1.82, 2.24) is 5.32 Å². The molecular formula is C10H17N3OS. The van der Waals surface area contributed by atoms with E-state index in [4.69, 9.17) is 5.73 Å². The van der Waals surface area contributed by atoms with Crippen LogP contribution in [0.3, 0.4) is 0 Å². The van der Waals surface area contributed by atoms with Gasteiger partial charge < -0.3 is 16.2 Å². The van der Waals surface area contributed by atoms with Crippen LogP contribution in [0, 0.1) is 0 Å². The molecule has 0 bridgehead atoms. The Balaban J connectivity index is 2.61. The highest BCUT2D eigenvalue weighted by Crippen LogP contribution is 2.25. The Kier molecular flexibility index (Phi) is 4.11. The molecule has 0 aliphatic carbocycles. The summed E-state index contributed by atoms with van der Waals surface area (Å²) < 4.78 is 0. The Morgan fingerprint density at radius 3 is 3.00 bits per heavy atom. The van der Waals surface area contributed by atoms with Crippen LogP contribution in [0.5, 0.6) is 0 Å². The van der Waals surface area contributed by atoms with Crippen LogP contribution in [-0.4, -0.2) is 24.2 Å². The normalized spacial score (nSPS) is 16.1. The lowest BCUT2D eigenvalue weighted by molar-refractivity contribution is 0.0712. The Bertz CT molecular complexity index is 319. The fourth-order valence-electron chi connectivity index (χ4n) is 1.14. The third kappa shape index (κ3) is 3.53. The molecule has 5 heteroatoms. The average molecular weight is 227 g/mol. The first-order valence-electron chi connectivity index (χ1n) is 4.86. The van der Waals surface area contributed by atoms with Crippen LogP contribution in [0.25, 0.3) is 0 Å². The molecule has 1 aromatic heterocycles. The van der Waals surface area contributed by atoms with Crippen molar-refractivity contribution in [3.05, 3.63) is 22.4 Å². The van der Waals surface area contributed by atoms with Gasteiger partial charge in [-0.1, -0.05) is 6.07 Å². The summed E-state index contributed by atoms with van der Waals surface area (Å²) in [6.07, 6.45) is 0. The monoisotopic (exact) mass is 227 g/mol. The van der Waals surface area contributed by atoms with Crippen LogP contribution in [0.1, 0.15) is 18.7 Å². The number of thiophene rings is 1. The Labute approximate surface area is 93.8 Å². The summed E-state index contributed by atoms with van der Waals surface area (Å²) in [5.74, 6) is 0.370. The van der Waals surface area contributed by atoms with E-state index in [1.54, 1.807) is 6.92 Å². The molecule has 0 saturated heterocycles. The first-order valence-corrected chi connectivity index (χ1v) is 5.74. The van der Waals surface area contributed by atoms with Crippen LogP contribution in [0.2, 0.25) is 0 Å². The quantitative estimate of drug-likeness (QED) is 0.528. The van der Waals surface area contributed by atoms with Crippen LogP contribution in [0.4, 0.5) is 0 Å². The third-order valence-corrected chi connectivity index (χ3v) is 3.09. The SMILES string of the molecule is CCNC(N)=NCC(C)(O)c1cccs1. The van der Waals surface area contributed by atoms with Gasteiger partial charge in [0.05, 0.1) is 6.54 Å². The number of nitrogens with zero attached hydrogens (tertiary/aromatic N) is 1. The number of aliphatic hydroxyl groups is 1. The van der Waals surface area contributed by atoms with Gasteiger partial charge >= 0.3 is 0 Å². The van der Waals surface area contributed by atoms with E-state index in [0.717, 1.165) is 11.4 Å². The van der Waals surface area contributed by atoms with Gasteiger partial charge in [-0.3, -0.25) is 4.99 Å². The predicted octanol–water partition coefficient (Wildman–Crippen LogP) is 0.880. The smallest absolute Gasteiger partial charge is 0.188 e. The van der Waals surface area contributed by atoms with Crippen molar-refractivity contribution in [3.63, 3.8) is 0 Å². The van der Waals surface area contributed by atoms with Crippen molar-refractivity contribution in [1.29, 1.82) is 0 Å². The minimum absolute atomic E-state index is 0.270. The van der Waals surface area contributed by atoms with Gasteiger partial charge in [0, 0.05) is 11.4 Å². The summed E-state index contributed by atoms with van der Waals surface area (Å²) in [7, 11) is 0. The van der Waals surface area contributed by atoms with Crippen molar-refractivity contribution in [2.24, 2.45) is 10.7 Å². The first kappa shape index (κ1) is 12.0. The van der Waals surface area contributed by atoms with Gasteiger partial charge in [-0.25, -0.2) is 0 Å². The molecule has 0 aromatic carbocycles. The highest BCUT2D eigenvalue weighted by molar-refractivity contribution is 7.10. The summed E-state index contributed by atoms with van der Waals surface area (Å²) in [5.41, 5.74) is 4.64. The number of rotatable bonds is 4. The van der Waals surface area contributed by atoms with Crippen molar-refractivity contribution >= 4 is 17.3 Å². The number of guanidine groups is 1. The fraction of sp³-hybridized carbons (Fsp3) is 0.500. The lowest BCUT2D eigenvalue weighted by Crippen LogP contribution is -2.34. The zero-order chi connectivity index (χ0) is 11.3. The minimum atomic E-state index is -0.936. The second kappa shape index (κ2) is 5.14. The van der Waals surface area contributed by atoms with Gasteiger partial charge in [0.15, 0.2) is 5.96 Å². The van der Waals surface area contributed by atoms with E-state index in [1.165, 1.54) is 11.3 Å². The molecular weight excluding hydrogens is 210 g/mol. The molecule has 4 N–H and O–H groups in total. The molecule has 0 fully saturated rings. The van der Waals surface area contributed by atoms with Crippen molar-refractivity contribution in [3.8, 4) is 0 Å². The molecule has 1 heterocycles. The zero-order valence-electron chi connectivity index (χ0n) is 9.03. The van der Waals surface area contributed by atoms with Crippen LogP contribution < -0.4 is 11.1 Å². The van der Waals surface area contributed by atoms with Crippen LogP contribution >= 0.6 is 11.3 Å². The van der Waals surface area contributed by atoms with Gasteiger partial charge in [-0.2, -0.15) is 0 Å². The van der Waals surface area contributed by atoms with Crippen molar-refractivity contribution in [2.45, 2.75) is 19.4 Å². The molecule has 0 aliphatic rings. The van der Waals surface area contributed by atoms with E-state index < -0.39 is 5.60 Å². The van der Waals surface area contributed by atoms with E-state index in [-0.39, 0.29) is 6.54 Å². The molecule has 1 unspecified atom stereocenters. The Hall–Kier alpha value is -1.07. The minimum Gasteiger partial charge on any atom is -0.383 e. The third-order valence-electron chi connectivity index (χ3n) is 1.97. The summed E-state index contributed by atoms with van der Waals surface area (Å²) in [6.45, 7) is 4.68. The maximum Gasteiger partial charge on any atom is 0.188 e. The first-order chi connectivity index (χ1) is 7.06. The second-order valence-corrected chi connectivity index (χ2v) is 4.43. The van der Waals surface area contributed by atoms with Crippen LogP contribution in [-0.2, 0) is 5.60 Å². The Morgan fingerprint density at radius 2 is 2.47 bits per heavy atom. The van der Waals surface area contributed by atoms with Gasteiger partial charge in [0.25, 0.3) is 0 Å². The van der Waals surface area contributed by atoms with E-state index in [9.17, 15) is 5.11 Å². The highest BCUT2D eigenvalue weighted by atomic mass is 32.1.